The van der Waals surface area contributed by atoms with E-state index in [1.165, 1.54) is 0 Å². The van der Waals surface area contributed by atoms with Crippen LogP contribution in [0.3, 0.4) is 0 Å². The molecule has 0 heterocycles. The van der Waals surface area contributed by atoms with Crippen LogP contribution >= 0.6 is 0 Å². The average Bonchev–Trinajstić information content (AvgIpc) is 2.28. The molecule has 0 aliphatic carbocycles. The van der Waals surface area contributed by atoms with Crippen molar-refractivity contribution in [2.45, 2.75) is 0 Å². The SMILES string of the molecule is O=C(O)c1ccc(F)cc1-c1c(F)cccc1F. The quantitative estimate of drug-likeness (QED) is 0.888. The maximum absolute atomic E-state index is 13.6. The number of aromatic carboxylic acids is 1. The molecule has 2 rings (SSSR count). The Morgan fingerprint density at radius 2 is 1.61 bits per heavy atom. The van der Waals surface area contributed by atoms with Crippen molar-refractivity contribution in [3.8, 4) is 11.1 Å². The molecule has 92 valence electrons. The third kappa shape index (κ3) is 2.07. The van der Waals surface area contributed by atoms with E-state index in [1.54, 1.807) is 0 Å². The van der Waals surface area contributed by atoms with Crippen LogP contribution in [0.25, 0.3) is 11.1 Å². The number of hydrogen-bond acceptors (Lipinski definition) is 1. The summed E-state index contributed by atoms with van der Waals surface area (Å²) < 4.78 is 40.2. The Kier molecular flexibility index (Phi) is 3.06. The Hall–Kier alpha value is -2.30. The highest BCUT2D eigenvalue weighted by Crippen LogP contribution is 2.29. The average molecular weight is 252 g/mol. The summed E-state index contributed by atoms with van der Waals surface area (Å²) in [6.45, 7) is 0. The van der Waals surface area contributed by atoms with Crippen LogP contribution in [0, 0.1) is 17.5 Å². The molecular weight excluding hydrogens is 245 g/mol. The van der Waals surface area contributed by atoms with E-state index in [4.69, 9.17) is 5.11 Å². The van der Waals surface area contributed by atoms with Crippen LogP contribution < -0.4 is 0 Å². The largest absolute Gasteiger partial charge is 0.478 e. The van der Waals surface area contributed by atoms with Gasteiger partial charge in [0.05, 0.1) is 11.1 Å². The number of rotatable bonds is 2. The number of carboxylic acid groups (broad SMARTS) is 1. The molecule has 0 saturated heterocycles. The van der Waals surface area contributed by atoms with Crippen molar-refractivity contribution in [1.82, 2.24) is 0 Å². The Bertz CT molecular complexity index is 603. The molecule has 2 aromatic carbocycles. The van der Waals surface area contributed by atoms with E-state index in [0.29, 0.717) is 0 Å². The summed E-state index contributed by atoms with van der Waals surface area (Å²) in [6.07, 6.45) is 0. The predicted molar refractivity (Wildman–Crippen MR) is 58.7 cm³/mol. The van der Waals surface area contributed by atoms with Gasteiger partial charge in [-0.2, -0.15) is 0 Å². The molecule has 0 aliphatic heterocycles. The van der Waals surface area contributed by atoms with Gasteiger partial charge in [-0.3, -0.25) is 0 Å². The van der Waals surface area contributed by atoms with Crippen LogP contribution in [0.2, 0.25) is 0 Å². The first-order valence-corrected chi connectivity index (χ1v) is 4.98. The molecule has 0 atom stereocenters. The maximum atomic E-state index is 13.6. The Morgan fingerprint density at radius 1 is 1.00 bits per heavy atom. The van der Waals surface area contributed by atoms with Crippen LogP contribution in [0.1, 0.15) is 10.4 Å². The lowest BCUT2D eigenvalue weighted by Gasteiger charge is -2.08. The first-order valence-electron chi connectivity index (χ1n) is 4.98. The lowest BCUT2D eigenvalue weighted by atomic mass is 9.98. The van der Waals surface area contributed by atoms with E-state index in [0.717, 1.165) is 36.4 Å². The minimum Gasteiger partial charge on any atom is -0.478 e. The topological polar surface area (TPSA) is 37.3 Å². The molecule has 2 nitrogen and oxygen atoms in total. The number of halogens is 3. The maximum Gasteiger partial charge on any atom is 0.336 e. The smallest absolute Gasteiger partial charge is 0.336 e. The molecular formula is C13H7F3O2. The monoisotopic (exact) mass is 252 g/mol. The lowest BCUT2D eigenvalue weighted by Crippen LogP contribution is -2.02. The van der Waals surface area contributed by atoms with E-state index in [2.05, 4.69) is 0 Å². The first-order chi connectivity index (χ1) is 8.50. The van der Waals surface area contributed by atoms with Crippen LogP contribution in [0.15, 0.2) is 36.4 Å². The minimum absolute atomic E-state index is 0.321. The van der Waals surface area contributed by atoms with Crippen molar-refractivity contribution in [2.24, 2.45) is 0 Å². The molecule has 0 fully saturated rings. The predicted octanol–water partition coefficient (Wildman–Crippen LogP) is 3.47. The number of carbonyl (C=O) groups is 1. The van der Waals surface area contributed by atoms with E-state index < -0.39 is 29.0 Å². The highest BCUT2D eigenvalue weighted by molar-refractivity contribution is 5.96. The Morgan fingerprint density at radius 3 is 2.17 bits per heavy atom. The normalized spacial score (nSPS) is 10.4. The zero-order valence-corrected chi connectivity index (χ0v) is 8.95. The van der Waals surface area contributed by atoms with E-state index in [1.807, 2.05) is 0 Å². The summed E-state index contributed by atoms with van der Waals surface area (Å²) >= 11 is 0. The van der Waals surface area contributed by atoms with Crippen molar-refractivity contribution in [1.29, 1.82) is 0 Å². The van der Waals surface area contributed by atoms with Gasteiger partial charge in [0.15, 0.2) is 0 Å². The molecule has 0 spiro atoms. The molecule has 0 aromatic heterocycles. The van der Waals surface area contributed by atoms with Crippen molar-refractivity contribution in [3.63, 3.8) is 0 Å². The molecule has 0 aliphatic rings. The van der Waals surface area contributed by atoms with Gasteiger partial charge in [0, 0.05) is 5.56 Å². The first kappa shape index (κ1) is 12.2. The second kappa shape index (κ2) is 4.52. The van der Waals surface area contributed by atoms with Crippen LogP contribution in [-0.4, -0.2) is 11.1 Å². The molecule has 18 heavy (non-hydrogen) atoms. The van der Waals surface area contributed by atoms with Crippen molar-refractivity contribution >= 4 is 5.97 Å². The van der Waals surface area contributed by atoms with Gasteiger partial charge in [-0.05, 0) is 30.3 Å². The van der Waals surface area contributed by atoms with Crippen LogP contribution in [0.5, 0.6) is 0 Å². The highest BCUT2D eigenvalue weighted by atomic mass is 19.1. The third-order valence-corrected chi connectivity index (χ3v) is 2.44. The number of carboxylic acids is 1. The van der Waals surface area contributed by atoms with Crippen molar-refractivity contribution in [3.05, 3.63) is 59.4 Å². The van der Waals surface area contributed by atoms with Gasteiger partial charge in [-0.15, -0.1) is 0 Å². The van der Waals surface area contributed by atoms with Gasteiger partial charge in [0.2, 0.25) is 0 Å². The molecule has 0 bridgehead atoms. The molecule has 1 N–H and O–H groups in total. The van der Waals surface area contributed by atoms with E-state index in [-0.39, 0.29) is 11.1 Å². The van der Waals surface area contributed by atoms with Gasteiger partial charge in [-0.25, -0.2) is 18.0 Å². The van der Waals surface area contributed by atoms with Crippen molar-refractivity contribution in [2.75, 3.05) is 0 Å². The zero-order chi connectivity index (χ0) is 13.3. The fourth-order valence-corrected chi connectivity index (χ4v) is 1.66. The van der Waals surface area contributed by atoms with Gasteiger partial charge < -0.3 is 5.11 Å². The van der Waals surface area contributed by atoms with E-state index >= 15 is 0 Å². The number of benzene rings is 2. The Labute approximate surface area is 100 Å². The molecule has 0 amide bonds. The second-order valence-electron chi connectivity index (χ2n) is 3.59. The fraction of sp³-hybridized carbons (Fsp3) is 0. The van der Waals surface area contributed by atoms with Gasteiger partial charge in [0.1, 0.15) is 17.5 Å². The standard InChI is InChI=1S/C13H7F3O2/c14-7-4-5-8(13(17)18)9(6-7)12-10(15)2-1-3-11(12)16/h1-6H,(H,17,18). The minimum atomic E-state index is -1.38. The van der Waals surface area contributed by atoms with Gasteiger partial charge >= 0.3 is 5.97 Å². The van der Waals surface area contributed by atoms with Crippen LogP contribution in [0.4, 0.5) is 13.2 Å². The summed E-state index contributed by atoms with van der Waals surface area (Å²) in [4.78, 5) is 11.0. The second-order valence-corrected chi connectivity index (χ2v) is 3.59. The van der Waals surface area contributed by atoms with Gasteiger partial charge in [0.25, 0.3) is 0 Å². The Balaban J connectivity index is 2.77. The summed E-state index contributed by atoms with van der Waals surface area (Å²) in [7, 11) is 0. The molecule has 0 unspecified atom stereocenters. The molecule has 5 heteroatoms. The molecule has 0 radical (unpaired) electrons. The van der Waals surface area contributed by atoms with E-state index in [9.17, 15) is 18.0 Å². The molecule has 2 aromatic rings. The summed E-state index contributed by atoms with van der Waals surface area (Å²) in [5.41, 5.74) is -1.23. The third-order valence-electron chi connectivity index (χ3n) is 2.44. The zero-order valence-electron chi connectivity index (χ0n) is 8.95. The van der Waals surface area contributed by atoms with Crippen molar-refractivity contribution < 1.29 is 23.1 Å². The van der Waals surface area contributed by atoms with Gasteiger partial charge in [-0.1, -0.05) is 6.07 Å². The molecule has 0 saturated carbocycles. The van der Waals surface area contributed by atoms with Crippen LogP contribution in [-0.2, 0) is 0 Å². The summed E-state index contributed by atoms with van der Waals surface area (Å²) in [5.74, 6) is -4.03. The highest BCUT2D eigenvalue weighted by Gasteiger charge is 2.18. The summed E-state index contributed by atoms with van der Waals surface area (Å²) in [6, 6.07) is 5.80. The summed E-state index contributed by atoms with van der Waals surface area (Å²) in [5, 5.41) is 8.93. The number of hydrogen-bond donors (Lipinski definition) is 1. The lowest BCUT2D eigenvalue weighted by molar-refractivity contribution is 0.0697. The fourth-order valence-electron chi connectivity index (χ4n) is 1.66.